The maximum absolute atomic E-state index is 14.0. The second kappa shape index (κ2) is 5.60. The number of aromatic amines is 1. The lowest BCUT2D eigenvalue weighted by Gasteiger charge is -2.19. The zero-order valence-electron chi connectivity index (χ0n) is 12.6. The molecule has 112 valence electrons. The molecule has 1 amide bonds. The van der Waals surface area contributed by atoms with Crippen molar-refractivity contribution in [3.05, 3.63) is 42.0 Å². The number of carbonyl (C=O) groups is 1. The topological polar surface area (TPSA) is 54.1 Å². The molecule has 2 N–H and O–H groups in total. The summed E-state index contributed by atoms with van der Waals surface area (Å²) in [7, 11) is 0. The smallest absolute Gasteiger partial charge is 0.412 e. The summed E-state index contributed by atoms with van der Waals surface area (Å²) < 4.78 is 19.2. The maximum Gasteiger partial charge on any atom is 0.412 e. The van der Waals surface area contributed by atoms with E-state index in [1.807, 2.05) is 6.92 Å². The third kappa shape index (κ3) is 3.84. The molecule has 21 heavy (non-hydrogen) atoms. The number of hydrogen-bond donors (Lipinski definition) is 2. The van der Waals surface area contributed by atoms with Gasteiger partial charge in [0.2, 0.25) is 0 Å². The van der Waals surface area contributed by atoms with Crippen LogP contribution in [0.4, 0.5) is 14.9 Å². The van der Waals surface area contributed by atoms with Gasteiger partial charge in [0.1, 0.15) is 11.4 Å². The number of ether oxygens (including phenoxy) is 1. The van der Waals surface area contributed by atoms with E-state index in [4.69, 9.17) is 4.74 Å². The Hall–Kier alpha value is -2.30. The number of anilines is 1. The first-order valence-corrected chi connectivity index (χ1v) is 6.69. The van der Waals surface area contributed by atoms with Crippen LogP contribution < -0.4 is 5.32 Å². The van der Waals surface area contributed by atoms with E-state index in [1.54, 1.807) is 45.3 Å². The van der Waals surface area contributed by atoms with Crippen LogP contribution in [0.1, 0.15) is 26.3 Å². The van der Waals surface area contributed by atoms with Gasteiger partial charge in [0.25, 0.3) is 0 Å². The van der Waals surface area contributed by atoms with Gasteiger partial charge in [-0.1, -0.05) is 11.6 Å². The number of aryl methyl sites for hydroxylation is 1. The molecule has 1 aromatic carbocycles. The minimum Gasteiger partial charge on any atom is -0.444 e. The summed E-state index contributed by atoms with van der Waals surface area (Å²) in [4.78, 5) is 14.7. The first-order valence-electron chi connectivity index (χ1n) is 6.69. The van der Waals surface area contributed by atoms with E-state index in [0.717, 1.165) is 5.56 Å². The molecule has 2 rings (SSSR count). The third-order valence-electron chi connectivity index (χ3n) is 2.79. The summed E-state index contributed by atoms with van der Waals surface area (Å²) in [5, 5.41) is 2.63. The van der Waals surface area contributed by atoms with Crippen molar-refractivity contribution in [2.45, 2.75) is 33.3 Å². The number of benzene rings is 1. The predicted molar refractivity (Wildman–Crippen MR) is 80.8 cm³/mol. The SMILES string of the molecule is Cc1ccc(F)c(-c2c[nH]cc2NC(=O)OC(C)(C)C)c1. The van der Waals surface area contributed by atoms with Gasteiger partial charge < -0.3 is 9.72 Å². The molecule has 0 spiro atoms. The van der Waals surface area contributed by atoms with Crippen molar-refractivity contribution >= 4 is 11.8 Å². The molecule has 0 bridgehead atoms. The van der Waals surface area contributed by atoms with Gasteiger partial charge in [0.15, 0.2) is 0 Å². The molecule has 1 heterocycles. The van der Waals surface area contributed by atoms with Crippen molar-refractivity contribution in [3.63, 3.8) is 0 Å². The number of nitrogens with one attached hydrogen (secondary N) is 2. The summed E-state index contributed by atoms with van der Waals surface area (Å²) >= 11 is 0. The summed E-state index contributed by atoms with van der Waals surface area (Å²) in [6.07, 6.45) is 2.67. The molecule has 0 saturated heterocycles. The highest BCUT2D eigenvalue weighted by molar-refractivity contribution is 5.91. The van der Waals surface area contributed by atoms with Crippen LogP contribution in [-0.4, -0.2) is 16.7 Å². The fraction of sp³-hybridized carbons (Fsp3) is 0.312. The van der Waals surface area contributed by atoms with Crippen molar-refractivity contribution in [2.75, 3.05) is 5.32 Å². The molecular weight excluding hydrogens is 271 g/mol. The van der Waals surface area contributed by atoms with Gasteiger partial charge in [0.05, 0.1) is 5.69 Å². The Bertz CT molecular complexity index is 657. The normalized spacial score (nSPS) is 11.3. The highest BCUT2D eigenvalue weighted by Gasteiger charge is 2.18. The first kappa shape index (κ1) is 15.1. The number of halogens is 1. The number of hydrogen-bond acceptors (Lipinski definition) is 2. The molecule has 0 unspecified atom stereocenters. The minimum atomic E-state index is -0.588. The van der Waals surface area contributed by atoms with E-state index in [0.29, 0.717) is 16.8 Å². The molecule has 0 radical (unpaired) electrons. The van der Waals surface area contributed by atoms with Gasteiger partial charge in [-0.3, -0.25) is 5.32 Å². The lowest BCUT2D eigenvalue weighted by Crippen LogP contribution is -2.27. The standard InChI is InChI=1S/C16H19FN2O2/c1-10-5-6-13(17)11(7-10)12-8-18-9-14(12)19-15(20)21-16(2,3)4/h5-9,18H,1-4H3,(H,19,20). The van der Waals surface area contributed by atoms with Crippen molar-refractivity contribution in [1.82, 2.24) is 4.98 Å². The Morgan fingerprint density at radius 3 is 2.62 bits per heavy atom. The Balaban J connectivity index is 2.27. The number of H-pyrrole nitrogens is 1. The van der Waals surface area contributed by atoms with Gasteiger partial charge in [-0.25, -0.2) is 9.18 Å². The van der Waals surface area contributed by atoms with E-state index in [2.05, 4.69) is 10.3 Å². The number of rotatable bonds is 2. The molecule has 1 aromatic heterocycles. The van der Waals surface area contributed by atoms with E-state index in [9.17, 15) is 9.18 Å². The van der Waals surface area contributed by atoms with Crippen LogP contribution in [0.25, 0.3) is 11.1 Å². The maximum atomic E-state index is 14.0. The average Bonchev–Trinajstić information content (AvgIpc) is 2.77. The van der Waals surface area contributed by atoms with Crippen molar-refractivity contribution < 1.29 is 13.9 Å². The van der Waals surface area contributed by atoms with Crippen molar-refractivity contribution in [3.8, 4) is 11.1 Å². The Morgan fingerprint density at radius 1 is 1.24 bits per heavy atom. The molecule has 0 saturated carbocycles. The lowest BCUT2D eigenvalue weighted by molar-refractivity contribution is 0.0636. The summed E-state index contributed by atoms with van der Waals surface area (Å²) in [5.41, 5.74) is 1.85. The Labute approximate surface area is 123 Å². The third-order valence-corrected chi connectivity index (χ3v) is 2.79. The van der Waals surface area contributed by atoms with Crippen LogP contribution in [0.5, 0.6) is 0 Å². The number of amides is 1. The predicted octanol–water partition coefficient (Wildman–Crippen LogP) is 4.48. The lowest BCUT2D eigenvalue weighted by atomic mass is 10.0. The largest absolute Gasteiger partial charge is 0.444 e. The van der Waals surface area contributed by atoms with Gasteiger partial charge in [-0.2, -0.15) is 0 Å². The number of carbonyl (C=O) groups excluding carboxylic acids is 1. The molecule has 5 heteroatoms. The number of aromatic nitrogens is 1. The zero-order valence-corrected chi connectivity index (χ0v) is 12.6. The van der Waals surface area contributed by atoms with Gasteiger partial charge in [-0.05, 0) is 39.8 Å². The van der Waals surface area contributed by atoms with Gasteiger partial charge >= 0.3 is 6.09 Å². The van der Waals surface area contributed by atoms with Crippen molar-refractivity contribution in [2.24, 2.45) is 0 Å². The van der Waals surface area contributed by atoms with Crippen LogP contribution >= 0.6 is 0 Å². The average molecular weight is 290 g/mol. The van der Waals surface area contributed by atoms with E-state index < -0.39 is 11.7 Å². The molecule has 2 aromatic rings. The summed E-state index contributed by atoms with van der Waals surface area (Å²) in [6, 6.07) is 4.85. The van der Waals surface area contributed by atoms with Crippen LogP contribution in [0.2, 0.25) is 0 Å². The molecular formula is C16H19FN2O2. The highest BCUT2D eigenvalue weighted by Crippen LogP contribution is 2.31. The summed E-state index contributed by atoms with van der Waals surface area (Å²) in [6.45, 7) is 7.23. The first-order chi connectivity index (χ1) is 9.76. The van der Waals surface area contributed by atoms with Crippen LogP contribution in [0.15, 0.2) is 30.6 Å². The Morgan fingerprint density at radius 2 is 1.95 bits per heavy atom. The van der Waals surface area contributed by atoms with Crippen LogP contribution in [-0.2, 0) is 4.74 Å². The Kier molecular flexibility index (Phi) is 4.02. The molecule has 0 atom stereocenters. The summed E-state index contributed by atoms with van der Waals surface area (Å²) in [5.74, 6) is -0.340. The molecule has 0 aliphatic carbocycles. The van der Waals surface area contributed by atoms with Gasteiger partial charge in [-0.15, -0.1) is 0 Å². The highest BCUT2D eigenvalue weighted by atomic mass is 19.1. The fourth-order valence-electron chi connectivity index (χ4n) is 1.95. The minimum absolute atomic E-state index is 0.340. The second-order valence-electron chi connectivity index (χ2n) is 5.89. The zero-order chi connectivity index (χ0) is 15.6. The van der Waals surface area contributed by atoms with Gasteiger partial charge in [0, 0.05) is 23.5 Å². The molecule has 0 fully saturated rings. The quantitative estimate of drug-likeness (QED) is 0.857. The van der Waals surface area contributed by atoms with Crippen molar-refractivity contribution in [1.29, 1.82) is 0 Å². The fourth-order valence-corrected chi connectivity index (χ4v) is 1.95. The van der Waals surface area contributed by atoms with Crippen LogP contribution in [0, 0.1) is 12.7 Å². The van der Waals surface area contributed by atoms with E-state index in [-0.39, 0.29) is 5.82 Å². The monoisotopic (exact) mass is 290 g/mol. The molecule has 4 nitrogen and oxygen atoms in total. The molecule has 0 aliphatic rings. The second-order valence-corrected chi connectivity index (χ2v) is 5.89. The van der Waals surface area contributed by atoms with Crippen LogP contribution in [0.3, 0.4) is 0 Å². The van der Waals surface area contributed by atoms with E-state index in [1.165, 1.54) is 6.07 Å². The molecule has 0 aliphatic heterocycles. The van der Waals surface area contributed by atoms with E-state index >= 15 is 0 Å².